The number of piperidine rings is 1. The number of nitrogens with zero attached hydrogens (tertiary/aromatic N) is 5. The van der Waals surface area contributed by atoms with Gasteiger partial charge in [-0.15, -0.1) is 0 Å². The van der Waals surface area contributed by atoms with Crippen LogP contribution in [0.5, 0.6) is 0 Å². The first kappa shape index (κ1) is 17.0. The van der Waals surface area contributed by atoms with E-state index in [1.54, 1.807) is 16.0 Å². The number of aromatic nitrogens is 3. The molecule has 0 radical (unpaired) electrons. The summed E-state index contributed by atoms with van der Waals surface area (Å²) in [5.41, 5.74) is 2.58. The number of amides is 1. The molecule has 4 rings (SSSR count). The Morgan fingerprint density at radius 2 is 2.00 bits per heavy atom. The monoisotopic (exact) mass is 369 g/mol. The van der Waals surface area contributed by atoms with Crippen LogP contribution in [0.3, 0.4) is 0 Å². The Hall–Kier alpha value is -2.41. The second kappa shape index (κ2) is 6.72. The van der Waals surface area contributed by atoms with Gasteiger partial charge in [-0.2, -0.15) is 5.10 Å². The molecule has 1 aromatic carbocycles. The molecule has 1 amide bonds. The lowest BCUT2D eigenvalue weighted by molar-refractivity contribution is 0.0702. The number of carbonyl (C=O) groups is 1. The number of hydrogen-bond acceptors (Lipinski definition) is 5. The lowest BCUT2D eigenvalue weighted by Crippen LogP contribution is -2.45. The number of thiazole rings is 1. The van der Waals surface area contributed by atoms with Gasteiger partial charge < -0.3 is 9.80 Å². The molecular weight excluding hydrogens is 346 g/mol. The first-order valence-corrected chi connectivity index (χ1v) is 9.73. The summed E-state index contributed by atoms with van der Waals surface area (Å²) in [6, 6.07) is 10.4. The third-order valence-corrected chi connectivity index (χ3v) is 6.32. The minimum atomic E-state index is 0.00661. The summed E-state index contributed by atoms with van der Waals surface area (Å²) < 4.78 is 2.97. The smallest absolute Gasteiger partial charge is 0.274 e. The van der Waals surface area contributed by atoms with E-state index in [-0.39, 0.29) is 11.9 Å². The van der Waals surface area contributed by atoms with Crippen molar-refractivity contribution in [2.24, 2.45) is 7.05 Å². The molecule has 1 saturated heterocycles. The number of benzene rings is 1. The molecule has 2 aromatic heterocycles. The summed E-state index contributed by atoms with van der Waals surface area (Å²) in [6.07, 6.45) is 1.90. The van der Waals surface area contributed by atoms with Crippen LogP contribution in [-0.4, -0.2) is 51.8 Å². The Bertz CT molecular complexity index is 886. The lowest BCUT2D eigenvalue weighted by Gasteiger charge is -2.36. The predicted molar refractivity (Wildman–Crippen MR) is 105 cm³/mol. The number of aryl methyl sites for hydroxylation is 2. The molecule has 0 N–H and O–H groups in total. The van der Waals surface area contributed by atoms with Gasteiger partial charge in [0.2, 0.25) is 0 Å². The van der Waals surface area contributed by atoms with Crippen molar-refractivity contribution in [3.8, 4) is 0 Å². The Morgan fingerprint density at radius 3 is 2.65 bits per heavy atom. The second-order valence-electron chi connectivity index (χ2n) is 6.89. The quantitative estimate of drug-likeness (QED) is 0.712. The highest BCUT2D eigenvalue weighted by Crippen LogP contribution is 2.31. The topological polar surface area (TPSA) is 54.3 Å². The molecule has 0 saturated carbocycles. The van der Waals surface area contributed by atoms with Gasteiger partial charge in [-0.1, -0.05) is 23.5 Å². The first-order chi connectivity index (χ1) is 12.5. The molecule has 0 unspecified atom stereocenters. The van der Waals surface area contributed by atoms with Crippen LogP contribution in [0.2, 0.25) is 0 Å². The van der Waals surface area contributed by atoms with Crippen molar-refractivity contribution in [3.63, 3.8) is 0 Å². The summed E-state index contributed by atoms with van der Waals surface area (Å²) in [4.78, 5) is 21.7. The third kappa shape index (κ3) is 3.07. The van der Waals surface area contributed by atoms with E-state index in [2.05, 4.69) is 28.2 Å². The van der Waals surface area contributed by atoms with Crippen molar-refractivity contribution < 1.29 is 4.79 Å². The van der Waals surface area contributed by atoms with E-state index in [0.717, 1.165) is 42.3 Å². The van der Waals surface area contributed by atoms with Crippen molar-refractivity contribution in [2.45, 2.75) is 25.8 Å². The standard InChI is InChI=1S/C19H23N5OS/c1-13-12-16(21-23(13)3)18(25)22(2)14-8-10-24(11-9-14)19-20-15-6-4-5-7-17(15)26-19/h4-7,12,14H,8-11H2,1-3H3. The zero-order valence-corrected chi connectivity index (χ0v) is 16.2. The van der Waals surface area contributed by atoms with Crippen LogP contribution in [0.15, 0.2) is 30.3 Å². The van der Waals surface area contributed by atoms with Gasteiger partial charge in [0.1, 0.15) is 0 Å². The van der Waals surface area contributed by atoms with E-state index in [1.165, 1.54) is 4.70 Å². The third-order valence-electron chi connectivity index (χ3n) is 5.22. The molecule has 26 heavy (non-hydrogen) atoms. The fraction of sp³-hybridized carbons (Fsp3) is 0.421. The highest BCUT2D eigenvalue weighted by Gasteiger charge is 2.28. The SMILES string of the molecule is Cc1cc(C(=O)N(C)C2CCN(c3nc4ccccc4s3)CC2)nn1C. The first-order valence-electron chi connectivity index (χ1n) is 8.91. The molecule has 0 atom stereocenters. The molecule has 3 aromatic rings. The number of carbonyl (C=O) groups excluding carboxylic acids is 1. The van der Waals surface area contributed by atoms with Gasteiger partial charge in [0.05, 0.1) is 10.2 Å². The molecule has 1 aliphatic heterocycles. The zero-order chi connectivity index (χ0) is 18.3. The average molecular weight is 369 g/mol. The van der Waals surface area contributed by atoms with Crippen molar-refractivity contribution in [1.82, 2.24) is 19.7 Å². The summed E-state index contributed by atoms with van der Waals surface area (Å²) in [5, 5.41) is 5.40. The largest absolute Gasteiger partial charge is 0.348 e. The zero-order valence-electron chi connectivity index (χ0n) is 15.3. The second-order valence-corrected chi connectivity index (χ2v) is 7.90. The van der Waals surface area contributed by atoms with E-state index < -0.39 is 0 Å². The van der Waals surface area contributed by atoms with Crippen LogP contribution in [0.4, 0.5) is 5.13 Å². The van der Waals surface area contributed by atoms with E-state index in [4.69, 9.17) is 4.98 Å². The summed E-state index contributed by atoms with van der Waals surface area (Å²) in [7, 11) is 3.76. The normalized spacial score (nSPS) is 15.6. The van der Waals surface area contributed by atoms with Crippen LogP contribution in [-0.2, 0) is 7.05 Å². The molecule has 3 heterocycles. The van der Waals surface area contributed by atoms with Crippen molar-refractivity contribution >= 4 is 32.6 Å². The fourth-order valence-electron chi connectivity index (χ4n) is 3.45. The van der Waals surface area contributed by atoms with Gasteiger partial charge in [-0.3, -0.25) is 9.48 Å². The average Bonchev–Trinajstić information content (AvgIpc) is 3.24. The highest BCUT2D eigenvalue weighted by atomic mass is 32.1. The Kier molecular flexibility index (Phi) is 4.40. The van der Waals surface area contributed by atoms with Crippen LogP contribution in [0.1, 0.15) is 29.0 Å². The molecule has 1 fully saturated rings. The Balaban J connectivity index is 1.41. The van der Waals surface area contributed by atoms with E-state index >= 15 is 0 Å². The molecular formula is C19H23N5OS. The number of rotatable bonds is 3. The summed E-state index contributed by atoms with van der Waals surface area (Å²) in [6.45, 7) is 3.80. The lowest BCUT2D eigenvalue weighted by atomic mass is 10.0. The molecule has 1 aliphatic rings. The van der Waals surface area contributed by atoms with Crippen molar-refractivity contribution in [2.75, 3.05) is 25.0 Å². The molecule has 7 heteroatoms. The number of fused-ring (bicyclic) bond motifs is 1. The predicted octanol–water partition coefficient (Wildman–Crippen LogP) is 3.08. The van der Waals surface area contributed by atoms with Gasteiger partial charge in [0.25, 0.3) is 5.91 Å². The maximum Gasteiger partial charge on any atom is 0.274 e. The number of anilines is 1. The van der Waals surface area contributed by atoms with Gasteiger partial charge in [-0.05, 0) is 38.0 Å². The molecule has 6 nitrogen and oxygen atoms in total. The maximum absolute atomic E-state index is 12.7. The highest BCUT2D eigenvalue weighted by molar-refractivity contribution is 7.22. The van der Waals surface area contributed by atoms with Crippen LogP contribution >= 0.6 is 11.3 Å². The molecule has 136 valence electrons. The van der Waals surface area contributed by atoms with E-state index in [0.29, 0.717) is 5.69 Å². The Labute approximate surface area is 157 Å². The van der Waals surface area contributed by atoms with Crippen LogP contribution in [0.25, 0.3) is 10.2 Å². The molecule has 0 aliphatic carbocycles. The van der Waals surface area contributed by atoms with Gasteiger partial charge >= 0.3 is 0 Å². The van der Waals surface area contributed by atoms with Crippen LogP contribution in [0, 0.1) is 6.92 Å². The summed E-state index contributed by atoms with van der Waals surface area (Å²) in [5.74, 6) is 0.00661. The fourth-order valence-corrected chi connectivity index (χ4v) is 4.47. The Morgan fingerprint density at radius 1 is 1.27 bits per heavy atom. The summed E-state index contributed by atoms with van der Waals surface area (Å²) >= 11 is 1.74. The molecule has 0 spiro atoms. The van der Waals surface area contributed by atoms with Gasteiger partial charge in [0, 0.05) is 38.9 Å². The van der Waals surface area contributed by atoms with Gasteiger partial charge in [-0.25, -0.2) is 4.98 Å². The van der Waals surface area contributed by atoms with Gasteiger partial charge in [0.15, 0.2) is 10.8 Å². The van der Waals surface area contributed by atoms with E-state index in [9.17, 15) is 4.79 Å². The van der Waals surface area contributed by atoms with Crippen molar-refractivity contribution in [3.05, 3.63) is 41.7 Å². The van der Waals surface area contributed by atoms with E-state index in [1.807, 2.05) is 38.1 Å². The molecule has 0 bridgehead atoms. The number of para-hydroxylation sites is 1. The van der Waals surface area contributed by atoms with Crippen molar-refractivity contribution in [1.29, 1.82) is 0 Å². The maximum atomic E-state index is 12.7. The minimum absolute atomic E-state index is 0.00661. The minimum Gasteiger partial charge on any atom is -0.348 e. The van der Waals surface area contributed by atoms with Crippen LogP contribution < -0.4 is 4.90 Å². The number of hydrogen-bond donors (Lipinski definition) is 0.